The van der Waals surface area contributed by atoms with Crippen LogP contribution < -0.4 is 10.3 Å². The molecule has 0 saturated heterocycles. The highest BCUT2D eigenvalue weighted by Gasteiger charge is 2.20. The molecule has 0 N–H and O–H groups in total. The number of nitro groups is 1. The SMILES string of the molecule is C#CCOc1c(Br)cc(C=Nn2c(C(C)C)nc3ccc(Br)cc3c2=O)cc1[N+](=O)[O-]. The molecule has 0 radical (unpaired) electrons. The van der Waals surface area contributed by atoms with Gasteiger partial charge in [0.2, 0.25) is 5.75 Å². The molecular weight excluding hydrogens is 532 g/mol. The van der Waals surface area contributed by atoms with Gasteiger partial charge in [0.1, 0.15) is 12.4 Å². The molecule has 0 amide bonds. The normalized spacial score (nSPS) is 11.2. The highest BCUT2D eigenvalue weighted by molar-refractivity contribution is 9.10. The van der Waals surface area contributed by atoms with Crippen LogP contribution in [0.15, 0.2) is 49.2 Å². The fourth-order valence-corrected chi connectivity index (χ4v) is 3.78. The lowest BCUT2D eigenvalue weighted by atomic mass is 10.2. The first kappa shape index (κ1) is 22.7. The second-order valence-electron chi connectivity index (χ2n) is 6.75. The summed E-state index contributed by atoms with van der Waals surface area (Å²) in [5.41, 5.74) is 0.344. The van der Waals surface area contributed by atoms with Crippen LogP contribution in [0.2, 0.25) is 0 Å². The van der Waals surface area contributed by atoms with Crippen LogP contribution in [0.4, 0.5) is 5.69 Å². The standard InChI is InChI=1S/C21H16Br2N4O4/c1-4-7-31-19-16(23)8-13(9-18(19)27(29)30)11-24-26-20(12(2)3)25-17-6-5-14(22)10-15(17)21(26)28/h1,5-6,8-12H,7H2,2-3H3. The quantitative estimate of drug-likeness (QED) is 0.190. The van der Waals surface area contributed by atoms with Gasteiger partial charge in [0.15, 0.2) is 0 Å². The lowest BCUT2D eigenvalue weighted by Crippen LogP contribution is -2.23. The van der Waals surface area contributed by atoms with Gasteiger partial charge in [0, 0.05) is 22.0 Å². The van der Waals surface area contributed by atoms with E-state index in [2.05, 4.69) is 47.9 Å². The third kappa shape index (κ3) is 4.84. The van der Waals surface area contributed by atoms with E-state index in [0.717, 1.165) is 4.47 Å². The predicted octanol–water partition coefficient (Wildman–Crippen LogP) is 4.85. The Kier molecular flexibility index (Phi) is 6.87. The lowest BCUT2D eigenvalue weighted by Gasteiger charge is -2.12. The smallest absolute Gasteiger partial charge is 0.312 e. The molecule has 2 aromatic carbocycles. The number of terminal acetylenes is 1. The summed E-state index contributed by atoms with van der Waals surface area (Å²) in [5.74, 6) is 2.68. The Labute approximate surface area is 194 Å². The van der Waals surface area contributed by atoms with Gasteiger partial charge in [-0.25, -0.2) is 4.98 Å². The Bertz CT molecular complexity index is 1310. The Morgan fingerprint density at radius 2 is 2.10 bits per heavy atom. The van der Waals surface area contributed by atoms with Crippen molar-refractivity contribution in [2.75, 3.05) is 6.61 Å². The largest absolute Gasteiger partial charge is 0.473 e. The molecule has 0 fully saturated rings. The number of fused-ring (bicyclic) bond motifs is 1. The average molecular weight is 548 g/mol. The van der Waals surface area contributed by atoms with E-state index in [-0.39, 0.29) is 29.5 Å². The van der Waals surface area contributed by atoms with Gasteiger partial charge in [0.05, 0.1) is 26.5 Å². The molecule has 1 heterocycles. The van der Waals surface area contributed by atoms with E-state index >= 15 is 0 Å². The topological polar surface area (TPSA) is 99.6 Å². The van der Waals surface area contributed by atoms with Crippen molar-refractivity contribution in [2.24, 2.45) is 5.10 Å². The summed E-state index contributed by atoms with van der Waals surface area (Å²) in [6, 6.07) is 8.14. The van der Waals surface area contributed by atoms with Crippen molar-refractivity contribution < 1.29 is 9.66 Å². The molecule has 10 heteroatoms. The van der Waals surface area contributed by atoms with E-state index in [4.69, 9.17) is 11.2 Å². The summed E-state index contributed by atoms with van der Waals surface area (Å²) in [6.45, 7) is 3.69. The zero-order valence-electron chi connectivity index (χ0n) is 16.5. The van der Waals surface area contributed by atoms with Crippen LogP contribution in [0.1, 0.15) is 31.2 Å². The Morgan fingerprint density at radius 3 is 2.74 bits per heavy atom. The van der Waals surface area contributed by atoms with Crippen molar-refractivity contribution in [1.29, 1.82) is 0 Å². The molecule has 3 rings (SSSR count). The molecule has 0 aliphatic heterocycles. The molecule has 0 aliphatic carbocycles. The van der Waals surface area contributed by atoms with Gasteiger partial charge in [-0.3, -0.25) is 14.9 Å². The molecule has 0 bridgehead atoms. The number of nitrogens with zero attached hydrogens (tertiary/aromatic N) is 4. The molecule has 31 heavy (non-hydrogen) atoms. The van der Waals surface area contributed by atoms with E-state index in [1.807, 2.05) is 19.9 Å². The summed E-state index contributed by atoms with van der Waals surface area (Å²) in [7, 11) is 0. The zero-order valence-corrected chi connectivity index (χ0v) is 19.7. The van der Waals surface area contributed by atoms with Crippen LogP contribution >= 0.6 is 31.9 Å². The monoisotopic (exact) mass is 546 g/mol. The maximum atomic E-state index is 13.1. The van der Waals surface area contributed by atoms with Gasteiger partial charge >= 0.3 is 5.69 Å². The first-order valence-corrected chi connectivity index (χ1v) is 10.6. The molecule has 3 aromatic rings. The van der Waals surface area contributed by atoms with Crippen LogP contribution in [0.3, 0.4) is 0 Å². The second-order valence-corrected chi connectivity index (χ2v) is 8.52. The minimum absolute atomic E-state index is 0.0253. The van der Waals surface area contributed by atoms with E-state index in [9.17, 15) is 14.9 Å². The van der Waals surface area contributed by atoms with Crippen LogP contribution in [-0.2, 0) is 0 Å². The van der Waals surface area contributed by atoms with Crippen LogP contribution in [-0.4, -0.2) is 27.4 Å². The van der Waals surface area contributed by atoms with Gasteiger partial charge < -0.3 is 4.74 Å². The Balaban J connectivity index is 2.14. The maximum Gasteiger partial charge on any atom is 0.312 e. The van der Waals surface area contributed by atoms with Crippen molar-refractivity contribution in [3.05, 3.63) is 71.1 Å². The number of nitro benzene ring substituents is 1. The first-order valence-electron chi connectivity index (χ1n) is 9.03. The summed E-state index contributed by atoms with van der Waals surface area (Å²) in [6.07, 6.45) is 6.54. The first-order chi connectivity index (χ1) is 14.7. The number of ether oxygens (including phenoxy) is 1. The van der Waals surface area contributed by atoms with Crippen LogP contribution in [0, 0.1) is 22.5 Å². The molecule has 0 atom stereocenters. The summed E-state index contributed by atoms with van der Waals surface area (Å²) < 4.78 is 7.58. The van der Waals surface area contributed by atoms with Crippen molar-refractivity contribution in [2.45, 2.75) is 19.8 Å². The molecule has 8 nitrogen and oxygen atoms in total. The molecule has 0 unspecified atom stereocenters. The Hall–Kier alpha value is -3.03. The minimum atomic E-state index is -0.575. The van der Waals surface area contributed by atoms with Crippen molar-refractivity contribution >= 4 is 54.7 Å². The van der Waals surface area contributed by atoms with E-state index in [0.29, 0.717) is 26.8 Å². The fraction of sp³-hybridized carbons (Fsp3) is 0.190. The van der Waals surface area contributed by atoms with Gasteiger partial charge in [-0.15, -0.1) is 6.42 Å². The van der Waals surface area contributed by atoms with E-state index in [1.165, 1.54) is 17.0 Å². The molecule has 1 aromatic heterocycles. The second kappa shape index (κ2) is 9.41. The molecule has 0 aliphatic rings. The maximum absolute atomic E-state index is 13.1. The number of hydrogen-bond acceptors (Lipinski definition) is 6. The van der Waals surface area contributed by atoms with Crippen LogP contribution in [0.25, 0.3) is 10.9 Å². The van der Waals surface area contributed by atoms with E-state index in [1.54, 1.807) is 18.2 Å². The molecule has 0 spiro atoms. The van der Waals surface area contributed by atoms with Gasteiger partial charge in [-0.2, -0.15) is 9.78 Å². The Morgan fingerprint density at radius 1 is 1.35 bits per heavy atom. The molecule has 0 saturated carbocycles. The fourth-order valence-electron chi connectivity index (χ4n) is 2.84. The summed E-state index contributed by atoms with van der Waals surface area (Å²) >= 11 is 6.63. The number of rotatable bonds is 6. The summed E-state index contributed by atoms with van der Waals surface area (Å²) in [5, 5.41) is 16.2. The molecular formula is C21H16Br2N4O4. The third-order valence-corrected chi connectivity index (χ3v) is 5.30. The minimum Gasteiger partial charge on any atom is -0.473 e. The highest BCUT2D eigenvalue weighted by atomic mass is 79.9. The van der Waals surface area contributed by atoms with Crippen molar-refractivity contribution in [3.63, 3.8) is 0 Å². The number of benzene rings is 2. The number of halogens is 2. The van der Waals surface area contributed by atoms with Crippen LogP contribution in [0.5, 0.6) is 5.75 Å². The zero-order chi connectivity index (χ0) is 22.7. The third-order valence-electron chi connectivity index (χ3n) is 4.21. The van der Waals surface area contributed by atoms with Gasteiger partial charge in [-0.1, -0.05) is 35.7 Å². The number of hydrogen-bond donors (Lipinski definition) is 0. The van der Waals surface area contributed by atoms with Gasteiger partial charge in [-0.05, 0) is 40.2 Å². The predicted molar refractivity (Wildman–Crippen MR) is 126 cm³/mol. The average Bonchev–Trinajstić information content (AvgIpc) is 2.72. The van der Waals surface area contributed by atoms with Gasteiger partial charge in [0.25, 0.3) is 5.56 Å². The highest BCUT2D eigenvalue weighted by Crippen LogP contribution is 2.36. The van der Waals surface area contributed by atoms with Crippen molar-refractivity contribution in [3.8, 4) is 18.1 Å². The van der Waals surface area contributed by atoms with Crippen molar-refractivity contribution in [1.82, 2.24) is 9.66 Å². The number of aromatic nitrogens is 2. The molecule has 158 valence electrons. The summed E-state index contributed by atoms with van der Waals surface area (Å²) in [4.78, 5) is 28.5. The lowest BCUT2D eigenvalue weighted by molar-refractivity contribution is -0.385. The van der Waals surface area contributed by atoms with E-state index < -0.39 is 4.92 Å².